The van der Waals surface area contributed by atoms with Gasteiger partial charge in [-0.1, -0.05) is 54.2 Å². The highest BCUT2D eigenvalue weighted by molar-refractivity contribution is 7.99. The summed E-state index contributed by atoms with van der Waals surface area (Å²) in [6, 6.07) is 23.8. The second-order valence-electron chi connectivity index (χ2n) is 8.52. The van der Waals surface area contributed by atoms with Crippen molar-refractivity contribution in [1.82, 2.24) is 9.88 Å². The van der Waals surface area contributed by atoms with Crippen molar-refractivity contribution in [2.45, 2.75) is 16.3 Å². The van der Waals surface area contributed by atoms with Crippen molar-refractivity contribution in [3.63, 3.8) is 0 Å². The van der Waals surface area contributed by atoms with Gasteiger partial charge < -0.3 is 19.6 Å². The van der Waals surface area contributed by atoms with E-state index in [-0.39, 0.29) is 0 Å². The number of carbonyl (C=O) groups is 1. The number of fused-ring (bicyclic) bond motifs is 1. The van der Waals surface area contributed by atoms with Crippen LogP contribution in [0.3, 0.4) is 0 Å². The van der Waals surface area contributed by atoms with Gasteiger partial charge in [0.25, 0.3) is 5.91 Å². The second-order valence-corrected chi connectivity index (χ2v) is 9.60. The number of amides is 1. The molecule has 0 unspecified atom stereocenters. The smallest absolute Gasteiger partial charge is 0.266 e. The zero-order valence-corrected chi connectivity index (χ0v) is 21.0. The van der Waals surface area contributed by atoms with E-state index in [2.05, 4.69) is 40.2 Å². The van der Waals surface area contributed by atoms with Crippen molar-refractivity contribution in [2.24, 2.45) is 5.73 Å². The lowest BCUT2D eigenvalue weighted by Gasteiger charge is -2.19. The topological polar surface area (TPSA) is 88.4 Å². The molecular formula is C30H27N3O3S. The molecule has 3 heterocycles. The highest BCUT2D eigenvalue weighted by atomic mass is 32.2. The Bertz CT molecular complexity index is 1450. The van der Waals surface area contributed by atoms with Gasteiger partial charge >= 0.3 is 0 Å². The highest BCUT2D eigenvalue weighted by Gasteiger charge is 2.17. The van der Waals surface area contributed by atoms with E-state index in [1.165, 1.54) is 11.8 Å². The van der Waals surface area contributed by atoms with E-state index in [9.17, 15) is 4.79 Å². The average molecular weight is 510 g/mol. The Hall–Kier alpha value is -4.20. The molecule has 0 fully saturated rings. The molecule has 0 radical (unpaired) electrons. The molecule has 3 N–H and O–H groups in total. The number of nitrogens with two attached hydrogens (primary N) is 1. The minimum Gasteiger partial charge on any atom is -0.465 e. The molecule has 1 amide bonds. The number of aromatic nitrogens is 1. The van der Waals surface area contributed by atoms with E-state index in [4.69, 9.17) is 14.6 Å². The largest absolute Gasteiger partial charge is 0.465 e. The van der Waals surface area contributed by atoms with Gasteiger partial charge in [0.05, 0.1) is 17.4 Å². The van der Waals surface area contributed by atoms with E-state index in [1.807, 2.05) is 66.7 Å². The Balaban J connectivity index is 1.37. The van der Waals surface area contributed by atoms with Gasteiger partial charge in [-0.15, -0.1) is 0 Å². The number of rotatable bonds is 11. The van der Waals surface area contributed by atoms with Gasteiger partial charge in [0.1, 0.15) is 17.2 Å². The Morgan fingerprint density at radius 3 is 2.16 bits per heavy atom. The van der Waals surface area contributed by atoms with Crippen molar-refractivity contribution in [1.29, 1.82) is 0 Å². The van der Waals surface area contributed by atoms with E-state index < -0.39 is 5.91 Å². The summed E-state index contributed by atoms with van der Waals surface area (Å²) in [5.74, 6) is 1.17. The zero-order chi connectivity index (χ0) is 25.5. The molecule has 0 spiro atoms. The first-order valence-electron chi connectivity index (χ1n) is 12.0. The summed E-state index contributed by atoms with van der Waals surface area (Å²) in [7, 11) is 0. The lowest BCUT2D eigenvalue weighted by molar-refractivity contribution is 0.0993. The van der Waals surface area contributed by atoms with Crippen molar-refractivity contribution in [3.8, 4) is 0 Å². The highest BCUT2D eigenvalue weighted by Crippen LogP contribution is 2.37. The molecule has 0 bridgehead atoms. The third-order valence-corrected chi connectivity index (χ3v) is 6.94. The Morgan fingerprint density at radius 2 is 1.57 bits per heavy atom. The summed E-state index contributed by atoms with van der Waals surface area (Å²) >= 11 is 1.54. The molecule has 0 saturated carbocycles. The average Bonchev–Trinajstić information content (AvgIpc) is 3.67. The Morgan fingerprint density at radius 1 is 0.892 bits per heavy atom. The van der Waals surface area contributed by atoms with Crippen molar-refractivity contribution in [3.05, 3.63) is 120 Å². The molecule has 0 atom stereocenters. The molecule has 37 heavy (non-hydrogen) atoms. The van der Waals surface area contributed by atoms with E-state index in [1.54, 1.807) is 12.5 Å². The van der Waals surface area contributed by atoms with Crippen LogP contribution in [0.2, 0.25) is 0 Å². The van der Waals surface area contributed by atoms with Crippen LogP contribution in [0.5, 0.6) is 0 Å². The number of hydrogen-bond donors (Lipinski definition) is 2. The first-order chi connectivity index (χ1) is 18.2. The summed E-state index contributed by atoms with van der Waals surface area (Å²) < 4.78 is 10.8. The lowest BCUT2D eigenvalue weighted by Crippen LogP contribution is -2.23. The van der Waals surface area contributed by atoms with Gasteiger partial charge in [-0.3, -0.25) is 9.69 Å². The summed E-state index contributed by atoms with van der Waals surface area (Å²) in [6.45, 7) is 2.17. The van der Waals surface area contributed by atoms with Gasteiger partial charge in [0.15, 0.2) is 0 Å². The maximum absolute atomic E-state index is 12.2. The van der Waals surface area contributed by atoms with Gasteiger partial charge in [0.2, 0.25) is 0 Å². The van der Waals surface area contributed by atoms with E-state index in [0.717, 1.165) is 50.9 Å². The number of nitrogens with one attached hydrogen (secondary N) is 1. The quantitative estimate of drug-likeness (QED) is 0.204. The van der Waals surface area contributed by atoms with Crippen molar-refractivity contribution < 1.29 is 13.6 Å². The predicted octanol–water partition coefficient (Wildman–Crippen LogP) is 6.83. The van der Waals surface area contributed by atoms with Crippen LogP contribution in [0.25, 0.3) is 23.1 Å². The van der Waals surface area contributed by atoms with Crippen molar-refractivity contribution >= 4 is 40.7 Å². The number of nitrogens with zero attached hydrogens (tertiary/aromatic N) is 1. The summed E-state index contributed by atoms with van der Waals surface area (Å²) in [5, 5.41) is 0.980. The van der Waals surface area contributed by atoms with Crippen LogP contribution >= 0.6 is 11.8 Å². The summed E-state index contributed by atoms with van der Waals surface area (Å²) in [6.07, 6.45) is 11.5. The number of primary amides is 1. The zero-order valence-electron chi connectivity index (χ0n) is 20.2. The number of carbonyl (C=O) groups excluding carboxylic acids is 1. The molecule has 186 valence electrons. The minimum atomic E-state index is -0.469. The predicted molar refractivity (Wildman–Crippen MR) is 148 cm³/mol. The third kappa shape index (κ3) is 6.33. The Kier molecular flexibility index (Phi) is 7.74. The van der Waals surface area contributed by atoms with E-state index in [0.29, 0.717) is 12.2 Å². The minimum absolute atomic E-state index is 0.431. The number of furan rings is 2. The van der Waals surface area contributed by atoms with Crippen molar-refractivity contribution in [2.75, 3.05) is 13.1 Å². The first-order valence-corrected chi connectivity index (χ1v) is 12.8. The molecule has 0 saturated heterocycles. The fraction of sp³-hybridized carbons (Fsp3) is 0.100. The standard InChI is InChI=1S/C30H27N3O3S/c31-30(34)28-29(37-25-12-2-1-3-13-25)26-15-14-22(20-27(26)32-28)21-33(16-4-8-23-10-6-18-35-23)17-5-9-24-11-7-19-36-24/h1-15,18-20,32H,16-17,21H2,(H2,31,34). The van der Waals surface area contributed by atoms with Crippen LogP contribution in [0, 0.1) is 0 Å². The lowest BCUT2D eigenvalue weighted by atomic mass is 10.1. The molecule has 5 rings (SSSR count). The van der Waals surface area contributed by atoms with Crippen LogP contribution in [0.15, 0.2) is 116 Å². The molecule has 0 aliphatic rings. The normalized spacial score (nSPS) is 11.9. The molecule has 3 aromatic heterocycles. The molecular weight excluding hydrogens is 482 g/mol. The number of aromatic amines is 1. The SMILES string of the molecule is NC(=O)c1[nH]c2cc(CN(CC=Cc3ccco3)CC=Cc3ccco3)ccc2c1Sc1ccccc1. The summed E-state index contributed by atoms with van der Waals surface area (Å²) in [5.41, 5.74) is 8.16. The van der Waals surface area contributed by atoms with Crippen LogP contribution in [0.1, 0.15) is 27.6 Å². The molecule has 2 aromatic carbocycles. The molecule has 7 heteroatoms. The maximum Gasteiger partial charge on any atom is 0.266 e. The van der Waals surface area contributed by atoms with E-state index >= 15 is 0 Å². The van der Waals surface area contributed by atoms with Gasteiger partial charge in [-0.05, 0) is 60.2 Å². The van der Waals surface area contributed by atoms with Crippen LogP contribution in [-0.2, 0) is 6.54 Å². The first kappa shape index (κ1) is 24.5. The van der Waals surface area contributed by atoms with Gasteiger partial charge in [-0.25, -0.2) is 0 Å². The van der Waals surface area contributed by atoms with Gasteiger partial charge in [0, 0.05) is 35.4 Å². The summed E-state index contributed by atoms with van der Waals surface area (Å²) in [4.78, 5) is 19.7. The second kappa shape index (κ2) is 11.7. The maximum atomic E-state index is 12.2. The Labute approximate surface area is 219 Å². The van der Waals surface area contributed by atoms with Gasteiger partial charge in [-0.2, -0.15) is 0 Å². The number of hydrogen-bond acceptors (Lipinski definition) is 5. The molecule has 5 aromatic rings. The molecule has 0 aliphatic carbocycles. The third-order valence-electron chi connectivity index (χ3n) is 5.81. The monoisotopic (exact) mass is 509 g/mol. The number of benzene rings is 2. The number of H-pyrrole nitrogens is 1. The fourth-order valence-electron chi connectivity index (χ4n) is 4.07. The van der Waals surface area contributed by atoms with Crippen LogP contribution < -0.4 is 5.73 Å². The fourth-order valence-corrected chi connectivity index (χ4v) is 5.14. The molecule has 0 aliphatic heterocycles. The molecule has 6 nitrogen and oxygen atoms in total. The van der Waals surface area contributed by atoms with Crippen LogP contribution in [0.4, 0.5) is 0 Å². The van der Waals surface area contributed by atoms with Crippen LogP contribution in [-0.4, -0.2) is 28.9 Å².